The lowest BCUT2D eigenvalue weighted by Crippen LogP contribution is -2.49. The van der Waals surface area contributed by atoms with Crippen LogP contribution >= 0.6 is 0 Å². The Bertz CT molecular complexity index is 926. The second-order valence-electron chi connectivity index (χ2n) is 6.76. The minimum Gasteiger partial charge on any atom is -0.382 e. The predicted octanol–water partition coefficient (Wildman–Crippen LogP) is 2.30. The average Bonchev–Trinajstić information content (AvgIpc) is 2.69. The quantitative estimate of drug-likeness (QED) is 0.689. The van der Waals surface area contributed by atoms with Gasteiger partial charge in [-0.3, -0.25) is 9.69 Å². The molecule has 0 spiro atoms. The number of nitrogens with zero attached hydrogens (tertiary/aromatic N) is 2. The molecule has 150 valence electrons. The summed E-state index contributed by atoms with van der Waals surface area (Å²) in [4.78, 5) is 16.2. The van der Waals surface area contributed by atoms with Gasteiger partial charge >= 0.3 is 10.1 Å². The van der Waals surface area contributed by atoms with E-state index in [1.807, 2.05) is 4.90 Å². The van der Waals surface area contributed by atoms with Gasteiger partial charge in [0.2, 0.25) is 0 Å². The Morgan fingerprint density at radius 3 is 2.39 bits per heavy atom. The van der Waals surface area contributed by atoms with Gasteiger partial charge in [0.25, 0.3) is 5.91 Å². The predicted molar refractivity (Wildman–Crippen MR) is 104 cm³/mol. The van der Waals surface area contributed by atoms with Crippen molar-refractivity contribution in [2.75, 3.05) is 38.5 Å². The van der Waals surface area contributed by atoms with Crippen LogP contribution in [0.3, 0.4) is 0 Å². The minimum atomic E-state index is -3.68. The van der Waals surface area contributed by atoms with Gasteiger partial charge in [-0.1, -0.05) is 24.3 Å². The van der Waals surface area contributed by atoms with Crippen LogP contribution in [0.5, 0.6) is 5.75 Å². The minimum absolute atomic E-state index is 0.126. The van der Waals surface area contributed by atoms with Gasteiger partial charge in [0.1, 0.15) is 11.6 Å². The number of rotatable bonds is 6. The molecule has 1 aliphatic heterocycles. The lowest BCUT2D eigenvalue weighted by molar-refractivity contribution is 0.0643. The van der Waals surface area contributed by atoms with Gasteiger partial charge in [0.05, 0.1) is 5.75 Å². The lowest BCUT2D eigenvalue weighted by atomic mass is 10.1. The molecular weight excluding hydrogens is 383 g/mol. The Morgan fingerprint density at radius 2 is 1.75 bits per heavy atom. The fourth-order valence-corrected chi connectivity index (χ4v) is 3.96. The molecule has 0 N–H and O–H groups in total. The molecule has 1 amide bonds. The third kappa shape index (κ3) is 5.30. The molecule has 1 aliphatic rings. The van der Waals surface area contributed by atoms with Crippen LogP contribution in [-0.2, 0) is 10.1 Å². The van der Waals surface area contributed by atoms with Crippen LogP contribution in [0.4, 0.5) is 4.39 Å². The van der Waals surface area contributed by atoms with Gasteiger partial charge in [0, 0.05) is 38.3 Å². The number of benzene rings is 2. The summed E-state index contributed by atoms with van der Waals surface area (Å²) in [5.74, 6) is -0.436. The number of piperazine rings is 1. The first-order chi connectivity index (χ1) is 13.3. The largest absolute Gasteiger partial charge is 0.382 e. The number of amides is 1. The zero-order chi connectivity index (χ0) is 20.1. The summed E-state index contributed by atoms with van der Waals surface area (Å²) in [5.41, 5.74) is 0.829. The molecular formula is C20H23FN2O4S. The average molecular weight is 406 g/mol. The van der Waals surface area contributed by atoms with E-state index in [4.69, 9.17) is 4.18 Å². The van der Waals surface area contributed by atoms with E-state index in [2.05, 4.69) is 0 Å². The molecule has 0 unspecified atom stereocenters. The molecule has 1 saturated heterocycles. The Morgan fingerprint density at radius 1 is 1.07 bits per heavy atom. The molecule has 28 heavy (non-hydrogen) atoms. The molecule has 0 aliphatic carbocycles. The monoisotopic (exact) mass is 406 g/mol. The van der Waals surface area contributed by atoms with Crippen LogP contribution in [0.2, 0.25) is 0 Å². The number of hydrogen-bond donors (Lipinski definition) is 0. The van der Waals surface area contributed by atoms with Crippen molar-refractivity contribution in [1.82, 2.24) is 9.80 Å². The highest BCUT2D eigenvalue weighted by Gasteiger charge is 2.24. The SMILES string of the molecule is Cc1ccc(C(=O)N2CCN(CCS(=O)(=O)Oc3ccccc3)CC2)cc1F. The first kappa shape index (κ1) is 20.3. The Hall–Kier alpha value is -2.45. The summed E-state index contributed by atoms with van der Waals surface area (Å²) in [6.07, 6.45) is 0. The maximum atomic E-state index is 13.7. The van der Waals surface area contributed by atoms with Gasteiger partial charge in [-0.25, -0.2) is 4.39 Å². The molecule has 2 aromatic carbocycles. The fourth-order valence-electron chi connectivity index (χ4n) is 2.99. The second-order valence-corrected chi connectivity index (χ2v) is 8.45. The van der Waals surface area contributed by atoms with Gasteiger partial charge in [0.15, 0.2) is 0 Å². The van der Waals surface area contributed by atoms with Crippen molar-refractivity contribution in [3.63, 3.8) is 0 Å². The Labute approximate surface area is 164 Å². The molecule has 8 heteroatoms. The maximum Gasteiger partial charge on any atom is 0.310 e. The van der Waals surface area contributed by atoms with Crippen LogP contribution in [0.1, 0.15) is 15.9 Å². The van der Waals surface area contributed by atoms with Crippen molar-refractivity contribution in [3.05, 3.63) is 65.5 Å². The van der Waals surface area contributed by atoms with Gasteiger partial charge in [-0.2, -0.15) is 8.42 Å². The number of halogens is 1. The number of hydrogen-bond acceptors (Lipinski definition) is 5. The highest BCUT2D eigenvalue weighted by Crippen LogP contribution is 2.14. The van der Waals surface area contributed by atoms with Crippen LogP contribution in [0.15, 0.2) is 48.5 Å². The van der Waals surface area contributed by atoms with Gasteiger partial charge in [-0.05, 0) is 36.8 Å². The van der Waals surface area contributed by atoms with E-state index in [-0.39, 0.29) is 11.7 Å². The fraction of sp³-hybridized carbons (Fsp3) is 0.350. The van der Waals surface area contributed by atoms with Crippen molar-refractivity contribution in [2.24, 2.45) is 0 Å². The second kappa shape index (κ2) is 8.70. The highest BCUT2D eigenvalue weighted by atomic mass is 32.2. The molecule has 0 aromatic heterocycles. The molecule has 0 bridgehead atoms. The van der Waals surface area contributed by atoms with Crippen molar-refractivity contribution in [1.29, 1.82) is 0 Å². The van der Waals surface area contributed by atoms with Crippen LogP contribution in [0, 0.1) is 12.7 Å². The van der Waals surface area contributed by atoms with E-state index in [0.29, 0.717) is 49.6 Å². The van der Waals surface area contributed by atoms with Crippen molar-refractivity contribution >= 4 is 16.0 Å². The van der Waals surface area contributed by atoms with E-state index in [1.165, 1.54) is 6.07 Å². The number of carbonyl (C=O) groups excluding carboxylic acids is 1. The summed E-state index contributed by atoms with van der Waals surface area (Å²) in [6.45, 7) is 4.03. The van der Waals surface area contributed by atoms with Crippen molar-refractivity contribution < 1.29 is 21.8 Å². The summed E-state index contributed by atoms with van der Waals surface area (Å²) in [5, 5.41) is 0. The van der Waals surface area contributed by atoms with E-state index in [0.717, 1.165) is 0 Å². The molecule has 6 nitrogen and oxygen atoms in total. The molecule has 2 aromatic rings. The summed E-state index contributed by atoms with van der Waals surface area (Å²) in [6, 6.07) is 12.9. The van der Waals surface area contributed by atoms with E-state index >= 15 is 0 Å². The van der Waals surface area contributed by atoms with Crippen LogP contribution in [0.25, 0.3) is 0 Å². The molecule has 1 fully saturated rings. The summed E-state index contributed by atoms with van der Waals surface area (Å²) >= 11 is 0. The summed E-state index contributed by atoms with van der Waals surface area (Å²) < 4.78 is 43.0. The zero-order valence-corrected chi connectivity index (χ0v) is 16.5. The molecule has 0 saturated carbocycles. The standard InChI is InChI=1S/C20H23FN2O4S/c1-16-7-8-17(15-19(16)21)20(24)23-11-9-22(10-12-23)13-14-28(25,26)27-18-5-3-2-4-6-18/h2-8,15H,9-14H2,1H3. The lowest BCUT2D eigenvalue weighted by Gasteiger charge is -2.34. The first-order valence-electron chi connectivity index (χ1n) is 9.09. The zero-order valence-electron chi connectivity index (χ0n) is 15.7. The van der Waals surface area contributed by atoms with Crippen LogP contribution < -0.4 is 4.18 Å². The number of carbonyl (C=O) groups is 1. The van der Waals surface area contributed by atoms with E-state index in [1.54, 1.807) is 54.3 Å². The Balaban J connectivity index is 1.48. The molecule has 0 atom stereocenters. The number of aryl methyl sites for hydroxylation is 1. The van der Waals surface area contributed by atoms with Gasteiger partial charge in [-0.15, -0.1) is 0 Å². The smallest absolute Gasteiger partial charge is 0.310 e. The Kier molecular flexibility index (Phi) is 6.31. The topological polar surface area (TPSA) is 66.9 Å². The third-order valence-corrected chi connectivity index (χ3v) is 5.83. The molecule has 0 radical (unpaired) electrons. The normalized spacial score (nSPS) is 15.4. The van der Waals surface area contributed by atoms with Crippen molar-refractivity contribution in [2.45, 2.75) is 6.92 Å². The van der Waals surface area contributed by atoms with Crippen molar-refractivity contribution in [3.8, 4) is 5.75 Å². The van der Waals surface area contributed by atoms with Crippen LogP contribution in [-0.4, -0.2) is 62.6 Å². The third-order valence-electron chi connectivity index (χ3n) is 4.70. The first-order valence-corrected chi connectivity index (χ1v) is 10.7. The number of para-hydroxylation sites is 1. The highest BCUT2D eigenvalue weighted by molar-refractivity contribution is 7.87. The van der Waals surface area contributed by atoms with Gasteiger partial charge < -0.3 is 9.08 Å². The summed E-state index contributed by atoms with van der Waals surface area (Å²) in [7, 11) is -3.68. The molecule has 1 heterocycles. The molecule has 3 rings (SSSR count). The van der Waals surface area contributed by atoms with E-state index in [9.17, 15) is 17.6 Å². The van der Waals surface area contributed by atoms with E-state index < -0.39 is 15.9 Å². The maximum absolute atomic E-state index is 13.7.